The topological polar surface area (TPSA) is 72.3 Å². The molecule has 0 saturated carbocycles. The molecule has 7 heteroatoms. The number of methoxy groups -OCH3 is 1. The number of ether oxygens (including phenoxy) is 1. The number of amides is 1. The molecule has 1 aliphatic heterocycles. The van der Waals surface area contributed by atoms with Crippen LogP contribution in [0.1, 0.15) is 12.6 Å². The van der Waals surface area contributed by atoms with Gasteiger partial charge in [-0.05, 0) is 18.1 Å². The van der Waals surface area contributed by atoms with E-state index in [1.165, 1.54) is 0 Å². The number of nitrogens with one attached hydrogen (secondary N) is 1. The summed E-state index contributed by atoms with van der Waals surface area (Å²) >= 11 is 0. The molecule has 0 radical (unpaired) electrons. The van der Waals surface area contributed by atoms with Crippen LogP contribution >= 0.6 is 0 Å². The molecule has 3 heterocycles. The van der Waals surface area contributed by atoms with Crippen LogP contribution in [-0.4, -0.2) is 47.5 Å². The van der Waals surface area contributed by atoms with Crippen LogP contribution in [0.25, 0.3) is 0 Å². The zero-order valence-corrected chi connectivity index (χ0v) is 15.0. The lowest BCUT2D eigenvalue weighted by Crippen LogP contribution is -2.29. The van der Waals surface area contributed by atoms with Crippen LogP contribution in [0.4, 0.5) is 11.6 Å². The molecular formula is C18H25N5O2. The van der Waals surface area contributed by atoms with E-state index < -0.39 is 0 Å². The number of aromatic nitrogens is 3. The van der Waals surface area contributed by atoms with Crippen LogP contribution in [0, 0.1) is 11.8 Å². The molecule has 0 aromatic carbocycles. The van der Waals surface area contributed by atoms with Crippen molar-refractivity contribution in [1.29, 1.82) is 0 Å². The predicted molar refractivity (Wildman–Crippen MR) is 96.5 cm³/mol. The van der Waals surface area contributed by atoms with E-state index in [1.807, 2.05) is 31.3 Å². The van der Waals surface area contributed by atoms with Crippen molar-refractivity contribution in [3.8, 4) is 0 Å². The number of hydrogen-bond donors (Lipinski definition) is 1. The predicted octanol–water partition coefficient (Wildman–Crippen LogP) is 1.71. The summed E-state index contributed by atoms with van der Waals surface area (Å²) in [6.45, 7) is 4.24. The van der Waals surface area contributed by atoms with Crippen LogP contribution in [0.2, 0.25) is 0 Å². The lowest BCUT2D eigenvalue weighted by atomic mass is 9.97. The minimum Gasteiger partial charge on any atom is -0.384 e. The van der Waals surface area contributed by atoms with Gasteiger partial charge in [0.25, 0.3) is 0 Å². The first-order chi connectivity index (χ1) is 12.1. The van der Waals surface area contributed by atoms with Crippen molar-refractivity contribution in [2.45, 2.75) is 13.3 Å². The number of aryl methyl sites for hydroxylation is 1. The number of nitrogens with zero attached hydrogens (tertiary/aromatic N) is 4. The molecule has 0 spiro atoms. The standard InChI is InChI=1S/C18H25N5O2/c1-13-11-23(16-6-4-5-8-19-16)12-15(13)18(24)20-17-10-14(7-9-25-3)21-22(17)2/h4-6,8,10,13,15H,7,9,11-12H2,1-3H3,(H,20,24)/t13-,15-/m1/s1. The van der Waals surface area contributed by atoms with Gasteiger partial charge in [0.15, 0.2) is 0 Å². The zero-order chi connectivity index (χ0) is 17.8. The van der Waals surface area contributed by atoms with E-state index in [0.29, 0.717) is 13.2 Å². The molecule has 0 unspecified atom stereocenters. The summed E-state index contributed by atoms with van der Waals surface area (Å²) in [5, 5.41) is 7.44. The van der Waals surface area contributed by atoms with E-state index in [9.17, 15) is 4.79 Å². The third kappa shape index (κ3) is 3.99. The highest BCUT2D eigenvalue weighted by Crippen LogP contribution is 2.27. The highest BCUT2D eigenvalue weighted by Gasteiger charge is 2.35. The maximum absolute atomic E-state index is 12.8. The highest BCUT2D eigenvalue weighted by molar-refractivity contribution is 5.92. The highest BCUT2D eigenvalue weighted by atomic mass is 16.5. The number of pyridine rings is 1. The second-order valence-corrected chi connectivity index (χ2v) is 6.55. The third-order valence-electron chi connectivity index (χ3n) is 4.67. The van der Waals surface area contributed by atoms with E-state index >= 15 is 0 Å². The van der Waals surface area contributed by atoms with E-state index in [-0.39, 0.29) is 17.7 Å². The molecule has 2 aromatic rings. The molecular weight excluding hydrogens is 318 g/mol. The van der Waals surface area contributed by atoms with Crippen molar-refractivity contribution >= 4 is 17.5 Å². The fourth-order valence-electron chi connectivity index (χ4n) is 3.23. The average Bonchev–Trinajstić information content (AvgIpc) is 3.17. The molecule has 1 N–H and O–H groups in total. The molecule has 25 heavy (non-hydrogen) atoms. The first kappa shape index (κ1) is 17.4. The minimum atomic E-state index is -0.0701. The van der Waals surface area contributed by atoms with Gasteiger partial charge in [0.05, 0.1) is 18.2 Å². The Bertz CT molecular complexity index is 716. The van der Waals surface area contributed by atoms with Crippen LogP contribution in [-0.2, 0) is 23.0 Å². The second kappa shape index (κ2) is 7.65. The minimum absolute atomic E-state index is 0.0345. The number of carbonyl (C=O) groups is 1. The first-order valence-electron chi connectivity index (χ1n) is 8.57. The molecule has 0 bridgehead atoms. The van der Waals surface area contributed by atoms with Gasteiger partial charge in [0.1, 0.15) is 11.6 Å². The van der Waals surface area contributed by atoms with Gasteiger partial charge in [-0.2, -0.15) is 5.10 Å². The Labute approximate surface area is 148 Å². The summed E-state index contributed by atoms with van der Waals surface area (Å²) in [7, 11) is 3.50. The molecule has 2 aromatic heterocycles. The summed E-state index contributed by atoms with van der Waals surface area (Å²) < 4.78 is 6.78. The Hall–Kier alpha value is -2.41. The quantitative estimate of drug-likeness (QED) is 0.864. The first-order valence-corrected chi connectivity index (χ1v) is 8.57. The lowest BCUT2D eigenvalue weighted by Gasteiger charge is -2.17. The molecule has 1 amide bonds. The maximum atomic E-state index is 12.8. The fraction of sp³-hybridized carbons (Fsp3) is 0.500. The van der Waals surface area contributed by atoms with Crippen molar-refractivity contribution < 1.29 is 9.53 Å². The molecule has 134 valence electrons. The van der Waals surface area contributed by atoms with E-state index in [2.05, 4.69) is 27.2 Å². The molecule has 0 aliphatic carbocycles. The van der Waals surface area contributed by atoms with Gasteiger partial charge >= 0.3 is 0 Å². The van der Waals surface area contributed by atoms with Gasteiger partial charge < -0.3 is 15.0 Å². The van der Waals surface area contributed by atoms with Crippen LogP contribution in [0.15, 0.2) is 30.5 Å². The van der Waals surface area contributed by atoms with Crippen LogP contribution < -0.4 is 10.2 Å². The molecule has 7 nitrogen and oxygen atoms in total. The van der Waals surface area contributed by atoms with Crippen LogP contribution in [0.5, 0.6) is 0 Å². The van der Waals surface area contributed by atoms with E-state index in [1.54, 1.807) is 18.0 Å². The second-order valence-electron chi connectivity index (χ2n) is 6.55. The number of carbonyl (C=O) groups excluding carboxylic acids is 1. The number of hydrogen-bond acceptors (Lipinski definition) is 5. The average molecular weight is 343 g/mol. The Morgan fingerprint density at radius 3 is 2.96 bits per heavy atom. The Morgan fingerprint density at radius 1 is 1.40 bits per heavy atom. The molecule has 2 atom stereocenters. The van der Waals surface area contributed by atoms with E-state index in [4.69, 9.17) is 4.74 Å². The number of rotatable bonds is 6. The third-order valence-corrected chi connectivity index (χ3v) is 4.67. The monoisotopic (exact) mass is 343 g/mol. The smallest absolute Gasteiger partial charge is 0.230 e. The normalized spacial score (nSPS) is 20.0. The van der Waals surface area contributed by atoms with Crippen molar-refractivity contribution in [3.63, 3.8) is 0 Å². The van der Waals surface area contributed by atoms with Crippen molar-refractivity contribution in [3.05, 3.63) is 36.2 Å². The molecule has 1 fully saturated rings. The molecule has 1 saturated heterocycles. The molecule has 3 rings (SSSR count). The summed E-state index contributed by atoms with van der Waals surface area (Å²) in [4.78, 5) is 19.3. The fourth-order valence-corrected chi connectivity index (χ4v) is 3.23. The number of anilines is 2. The summed E-state index contributed by atoms with van der Waals surface area (Å²) in [5.41, 5.74) is 0.911. The lowest BCUT2D eigenvalue weighted by molar-refractivity contribution is -0.120. The van der Waals surface area contributed by atoms with Gasteiger partial charge in [-0.15, -0.1) is 0 Å². The van der Waals surface area contributed by atoms with Crippen LogP contribution in [0.3, 0.4) is 0 Å². The Balaban J connectivity index is 1.64. The van der Waals surface area contributed by atoms with Crippen molar-refractivity contribution in [2.75, 3.05) is 37.0 Å². The van der Waals surface area contributed by atoms with E-state index in [0.717, 1.165) is 30.3 Å². The molecule has 1 aliphatic rings. The summed E-state index contributed by atoms with van der Waals surface area (Å²) in [6.07, 6.45) is 2.51. The largest absolute Gasteiger partial charge is 0.384 e. The Morgan fingerprint density at radius 2 is 2.24 bits per heavy atom. The van der Waals surface area contributed by atoms with Gasteiger partial charge in [-0.1, -0.05) is 13.0 Å². The SMILES string of the molecule is COCCc1cc(NC(=O)[C@@H]2CN(c3ccccn3)C[C@H]2C)n(C)n1. The van der Waals surface area contributed by atoms with Crippen molar-refractivity contribution in [1.82, 2.24) is 14.8 Å². The Kier molecular flexibility index (Phi) is 5.33. The van der Waals surface area contributed by atoms with Gasteiger partial charge in [-0.25, -0.2) is 4.98 Å². The maximum Gasteiger partial charge on any atom is 0.230 e. The zero-order valence-electron chi connectivity index (χ0n) is 15.0. The van der Waals surface area contributed by atoms with Gasteiger partial charge in [0, 0.05) is 45.9 Å². The van der Waals surface area contributed by atoms with Gasteiger partial charge in [0.2, 0.25) is 5.91 Å². The van der Waals surface area contributed by atoms with Crippen molar-refractivity contribution in [2.24, 2.45) is 18.9 Å². The summed E-state index contributed by atoms with van der Waals surface area (Å²) in [5.74, 6) is 1.88. The van der Waals surface area contributed by atoms with Gasteiger partial charge in [-0.3, -0.25) is 9.48 Å². The summed E-state index contributed by atoms with van der Waals surface area (Å²) in [6, 6.07) is 7.76.